The molecule has 182 valence electrons. The van der Waals surface area contributed by atoms with Crippen molar-refractivity contribution in [3.05, 3.63) is 86.8 Å². The van der Waals surface area contributed by atoms with E-state index in [0.29, 0.717) is 34.4 Å². The number of nitrogens with zero attached hydrogens (tertiary/aromatic N) is 6. The normalized spacial score (nSPS) is 11.9. The molecule has 4 aromatic rings. The number of unbranched alkanes of at least 4 members (excludes halogenated alkanes) is 1. The molecule has 0 fully saturated rings. The molecule has 0 saturated carbocycles. The summed E-state index contributed by atoms with van der Waals surface area (Å²) in [5.74, 6) is 0.327. The van der Waals surface area contributed by atoms with Crippen molar-refractivity contribution < 1.29 is 14.6 Å². The average Bonchev–Trinajstić information content (AvgIpc) is 3.47. The van der Waals surface area contributed by atoms with Crippen LogP contribution in [-0.2, 0) is 24.3 Å². The fourth-order valence-corrected chi connectivity index (χ4v) is 3.85. The minimum Gasteiger partial charge on any atom is -0.480 e. The summed E-state index contributed by atoms with van der Waals surface area (Å²) in [4.78, 5) is 23.9. The van der Waals surface area contributed by atoms with E-state index in [2.05, 4.69) is 25.7 Å². The van der Waals surface area contributed by atoms with Gasteiger partial charge in [0.15, 0.2) is 6.10 Å². The largest absolute Gasteiger partial charge is 0.480 e. The van der Waals surface area contributed by atoms with Crippen LogP contribution in [0.1, 0.15) is 48.6 Å². The summed E-state index contributed by atoms with van der Waals surface area (Å²) in [6, 6.07) is 14.5. The lowest BCUT2D eigenvalue weighted by molar-refractivity contribution is -0.138. The minimum atomic E-state index is -1.12. The lowest BCUT2D eigenvalue weighted by Gasteiger charge is -2.18. The standard InChI is InChI=1S/C23H24ClN7O4/c1-2-3-8-19-27-31(14-20(32)33)23(34)30(19)13-15-9-11-16(12-10-15)35-21(22-25-28-29-26-22)17-6-4-5-7-18(17)24/h4-7,9-12,21H,2-3,8,13-14H2,1H3,(H,32,33)(H,25,26,28,29). The van der Waals surface area contributed by atoms with Gasteiger partial charge >= 0.3 is 11.7 Å². The molecule has 12 heteroatoms. The molecule has 0 saturated heterocycles. The Morgan fingerprint density at radius 2 is 1.97 bits per heavy atom. The van der Waals surface area contributed by atoms with E-state index in [1.807, 2.05) is 37.3 Å². The van der Waals surface area contributed by atoms with Crippen molar-refractivity contribution in [1.82, 2.24) is 35.0 Å². The second-order valence-electron chi connectivity index (χ2n) is 7.87. The second kappa shape index (κ2) is 11.0. The SMILES string of the molecule is CCCCc1nn(CC(=O)O)c(=O)n1Cc1ccc(OC(c2nn[nH]n2)c2ccccc2Cl)cc1. The van der Waals surface area contributed by atoms with Gasteiger partial charge in [0.25, 0.3) is 0 Å². The van der Waals surface area contributed by atoms with E-state index in [1.165, 1.54) is 4.57 Å². The van der Waals surface area contributed by atoms with Gasteiger partial charge in [-0.3, -0.25) is 9.36 Å². The summed E-state index contributed by atoms with van der Waals surface area (Å²) >= 11 is 6.37. The van der Waals surface area contributed by atoms with E-state index in [9.17, 15) is 9.59 Å². The first-order valence-electron chi connectivity index (χ1n) is 11.1. The number of carboxylic acids is 1. The van der Waals surface area contributed by atoms with Crippen LogP contribution >= 0.6 is 11.6 Å². The summed E-state index contributed by atoms with van der Waals surface area (Å²) in [7, 11) is 0. The summed E-state index contributed by atoms with van der Waals surface area (Å²) in [6.45, 7) is 1.83. The first kappa shape index (κ1) is 24.1. The van der Waals surface area contributed by atoms with Gasteiger partial charge in [-0.1, -0.05) is 60.5 Å². The molecule has 2 aromatic carbocycles. The molecule has 0 spiro atoms. The van der Waals surface area contributed by atoms with E-state index in [-0.39, 0.29) is 6.54 Å². The molecule has 0 radical (unpaired) electrons. The van der Waals surface area contributed by atoms with Gasteiger partial charge in [-0.15, -0.1) is 10.2 Å². The van der Waals surface area contributed by atoms with Gasteiger partial charge in [-0.25, -0.2) is 9.48 Å². The highest BCUT2D eigenvalue weighted by Gasteiger charge is 2.23. The molecule has 0 bridgehead atoms. The molecular weight excluding hydrogens is 474 g/mol. The van der Waals surface area contributed by atoms with Gasteiger partial charge in [-0.2, -0.15) is 10.3 Å². The molecule has 2 aromatic heterocycles. The number of H-pyrrole nitrogens is 1. The molecule has 1 unspecified atom stereocenters. The Balaban J connectivity index is 1.56. The van der Waals surface area contributed by atoms with E-state index in [1.54, 1.807) is 18.2 Å². The molecule has 1 atom stereocenters. The van der Waals surface area contributed by atoms with Crippen LogP contribution in [-0.4, -0.2) is 46.0 Å². The van der Waals surface area contributed by atoms with Gasteiger partial charge in [0.05, 0.1) is 6.54 Å². The molecule has 0 aliphatic heterocycles. The summed E-state index contributed by atoms with van der Waals surface area (Å²) in [5, 5.41) is 28.0. The molecule has 2 N–H and O–H groups in total. The second-order valence-corrected chi connectivity index (χ2v) is 8.28. The Morgan fingerprint density at radius 1 is 1.20 bits per heavy atom. The van der Waals surface area contributed by atoms with Crippen LogP contribution in [0.3, 0.4) is 0 Å². The quantitative estimate of drug-likeness (QED) is 0.322. The zero-order valence-electron chi connectivity index (χ0n) is 19.0. The van der Waals surface area contributed by atoms with Gasteiger partial charge in [0, 0.05) is 17.0 Å². The maximum Gasteiger partial charge on any atom is 0.346 e. The molecule has 35 heavy (non-hydrogen) atoms. The van der Waals surface area contributed by atoms with Crippen LogP contribution in [0.2, 0.25) is 5.02 Å². The summed E-state index contributed by atoms with van der Waals surface area (Å²) in [5.41, 5.74) is 1.08. The number of hydrogen-bond acceptors (Lipinski definition) is 7. The third-order valence-electron chi connectivity index (χ3n) is 5.34. The van der Waals surface area contributed by atoms with Crippen LogP contribution in [0.15, 0.2) is 53.3 Å². The number of aliphatic carboxylic acids is 1. The van der Waals surface area contributed by atoms with Crippen molar-refractivity contribution >= 4 is 17.6 Å². The zero-order chi connectivity index (χ0) is 24.8. The Morgan fingerprint density at radius 3 is 2.63 bits per heavy atom. The zero-order valence-corrected chi connectivity index (χ0v) is 19.7. The number of tetrazole rings is 1. The van der Waals surface area contributed by atoms with E-state index in [0.717, 1.165) is 23.1 Å². The maximum atomic E-state index is 12.8. The van der Waals surface area contributed by atoms with E-state index in [4.69, 9.17) is 21.4 Å². The smallest absolute Gasteiger partial charge is 0.346 e. The number of benzene rings is 2. The van der Waals surface area contributed by atoms with Gasteiger partial charge < -0.3 is 9.84 Å². The Hall–Kier alpha value is -3.99. The van der Waals surface area contributed by atoms with Gasteiger partial charge in [0.2, 0.25) is 5.82 Å². The van der Waals surface area contributed by atoms with Crippen LogP contribution in [0, 0.1) is 0 Å². The highest BCUT2D eigenvalue weighted by molar-refractivity contribution is 6.31. The maximum absolute atomic E-state index is 12.8. The number of aryl methyl sites for hydroxylation is 1. The number of rotatable bonds is 11. The van der Waals surface area contributed by atoms with Crippen LogP contribution < -0.4 is 10.4 Å². The number of ether oxygens (including phenoxy) is 1. The van der Waals surface area contributed by atoms with Crippen LogP contribution in [0.4, 0.5) is 0 Å². The van der Waals surface area contributed by atoms with Crippen molar-refractivity contribution in [2.75, 3.05) is 0 Å². The predicted molar refractivity (Wildman–Crippen MR) is 126 cm³/mol. The summed E-state index contributed by atoms with van der Waals surface area (Å²) < 4.78 is 8.66. The molecule has 0 aliphatic rings. The fraction of sp³-hybridized carbons (Fsp3) is 0.304. The number of aromatic amines is 1. The van der Waals surface area contributed by atoms with Crippen molar-refractivity contribution in [2.45, 2.75) is 45.4 Å². The third-order valence-corrected chi connectivity index (χ3v) is 5.68. The number of aromatic nitrogens is 7. The predicted octanol–water partition coefficient (Wildman–Crippen LogP) is 2.86. The molecule has 0 aliphatic carbocycles. The van der Waals surface area contributed by atoms with Crippen molar-refractivity contribution in [2.24, 2.45) is 0 Å². The molecule has 11 nitrogen and oxygen atoms in total. The van der Waals surface area contributed by atoms with Crippen LogP contribution in [0.5, 0.6) is 5.75 Å². The Labute approximate surface area is 205 Å². The van der Waals surface area contributed by atoms with Crippen molar-refractivity contribution in [3.8, 4) is 5.75 Å². The van der Waals surface area contributed by atoms with Crippen molar-refractivity contribution in [1.29, 1.82) is 0 Å². The number of halogens is 1. The Bertz CT molecular complexity index is 1330. The number of hydrogen-bond donors (Lipinski definition) is 2. The lowest BCUT2D eigenvalue weighted by atomic mass is 10.1. The number of carboxylic acid groups (broad SMARTS) is 1. The number of carbonyl (C=O) groups is 1. The van der Waals surface area contributed by atoms with Gasteiger partial charge in [-0.05, 0) is 30.2 Å². The molecule has 2 heterocycles. The first-order chi connectivity index (χ1) is 17.0. The minimum absolute atomic E-state index is 0.260. The highest BCUT2D eigenvalue weighted by atomic mass is 35.5. The third kappa shape index (κ3) is 5.75. The molecular formula is C23H24ClN7O4. The average molecular weight is 498 g/mol. The monoisotopic (exact) mass is 497 g/mol. The number of nitrogens with one attached hydrogen (secondary N) is 1. The molecule has 0 amide bonds. The first-order valence-corrected chi connectivity index (χ1v) is 11.5. The lowest BCUT2D eigenvalue weighted by Crippen LogP contribution is -2.28. The summed E-state index contributed by atoms with van der Waals surface area (Å²) in [6.07, 6.45) is 1.68. The van der Waals surface area contributed by atoms with E-state index >= 15 is 0 Å². The fourth-order valence-electron chi connectivity index (χ4n) is 3.61. The van der Waals surface area contributed by atoms with Crippen LogP contribution in [0.25, 0.3) is 0 Å². The van der Waals surface area contributed by atoms with Crippen molar-refractivity contribution in [3.63, 3.8) is 0 Å². The van der Waals surface area contributed by atoms with E-state index < -0.39 is 24.3 Å². The van der Waals surface area contributed by atoms with Gasteiger partial charge in [0.1, 0.15) is 18.1 Å². The topological polar surface area (TPSA) is 141 Å². The highest BCUT2D eigenvalue weighted by Crippen LogP contribution is 2.30. The Kier molecular flexibility index (Phi) is 7.56. The molecule has 4 rings (SSSR count).